The highest BCUT2D eigenvalue weighted by atomic mass is 32.1. The van der Waals surface area contributed by atoms with E-state index in [0.717, 1.165) is 28.0 Å². The molecule has 3 N–H and O–H groups in total. The number of nitrogen functional groups attached to an aromatic ring is 1. The standard InChI is InChI=1S/C15H18N4S/c16-14-13(11-2-1-5-17-8-11)15(20-19-14)18-12-7-9-3-4-10(12)6-9/h1-2,5,8-10,12,18H,3-4,6-7H2,(H2,16,19). The Labute approximate surface area is 122 Å². The largest absolute Gasteiger partial charge is 0.382 e. The summed E-state index contributed by atoms with van der Waals surface area (Å²) in [4.78, 5) is 4.19. The van der Waals surface area contributed by atoms with Crippen LogP contribution in [-0.2, 0) is 0 Å². The van der Waals surface area contributed by atoms with Gasteiger partial charge in [0.2, 0.25) is 0 Å². The highest BCUT2D eigenvalue weighted by molar-refractivity contribution is 7.11. The molecule has 4 nitrogen and oxygen atoms in total. The summed E-state index contributed by atoms with van der Waals surface area (Å²) >= 11 is 1.47. The van der Waals surface area contributed by atoms with Gasteiger partial charge in [0.15, 0.2) is 0 Å². The normalized spacial score (nSPS) is 27.9. The van der Waals surface area contributed by atoms with Crippen LogP contribution in [0.4, 0.5) is 10.8 Å². The van der Waals surface area contributed by atoms with Crippen molar-refractivity contribution in [3.63, 3.8) is 0 Å². The number of rotatable bonds is 3. The van der Waals surface area contributed by atoms with E-state index in [1.165, 1.54) is 37.2 Å². The van der Waals surface area contributed by atoms with Gasteiger partial charge in [0, 0.05) is 24.0 Å². The maximum atomic E-state index is 6.06. The Balaban J connectivity index is 1.63. The quantitative estimate of drug-likeness (QED) is 0.908. The number of nitrogens with two attached hydrogens (primary N) is 1. The molecule has 20 heavy (non-hydrogen) atoms. The highest BCUT2D eigenvalue weighted by Crippen LogP contribution is 2.47. The Morgan fingerprint density at radius 1 is 1.30 bits per heavy atom. The van der Waals surface area contributed by atoms with Crippen LogP contribution in [0.3, 0.4) is 0 Å². The molecule has 5 heteroatoms. The zero-order valence-electron chi connectivity index (χ0n) is 11.2. The van der Waals surface area contributed by atoms with Gasteiger partial charge in [0.1, 0.15) is 10.8 Å². The van der Waals surface area contributed by atoms with Crippen molar-refractivity contribution >= 4 is 22.4 Å². The topological polar surface area (TPSA) is 63.8 Å². The van der Waals surface area contributed by atoms with E-state index < -0.39 is 0 Å². The zero-order valence-corrected chi connectivity index (χ0v) is 12.1. The van der Waals surface area contributed by atoms with Gasteiger partial charge in [-0.3, -0.25) is 4.98 Å². The van der Waals surface area contributed by atoms with Crippen LogP contribution in [0.5, 0.6) is 0 Å². The second-order valence-corrected chi connectivity index (χ2v) is 6.71. The molecular formula is C15H18N4S. The smallest absolute Gasteiger partial charge is 0.147 e. The molecule has 2 saturated carbocycles. The second-order valence-electron chi connectivity index (χ2n) is 5.94. The molecule has 0 amide bonds. The molecule has 3 unspecified atom stereocenters. The third-order valence-corrected chi connectivity index (χ3v) is 5.52. The Bertz CT molecular complexity index is 610. The molecule has 104 valence electrons. The molecule has 2 aliphatic carbocycles. The van der Waals surface area contributed by atoms with Gasteiger partial charge in [-0.1, -0.05) is 12.5 Å². The molecule has 0 radical (unpaired) electrons. The van der Waals surface area contributed by atoms with Gasteiger partial charge in [0.25, 0.3) is 0 Å². The summed E-state index contributed by atoms with van der Waals surface area (Å²) in [7, 11) is 0. The number of anilines is 2. The first-order valence-electron chi connectivity index (χ1n) is 7.23. The lowest BCUT2D eigenvalue weighted by atomic mass is 9.95. The fraction of sp³-hybridized carbons (Fsp3) is 0.467. The maximum absolute atomic E-state index is 6.06. The summed E-state index contributed by atoms with van der Waals surface area (Å²) in [6.45, 7) is 0. The molecule has 2 aromatic rings. The summed E-state index contributed by atoms with van der Waals surface area (Å²) in [6.07, 6.45) is 9.12. The van der Waals surface area contributed by atoms with Crippen molar-refractivity contribution in [2.45, 2.75) is 31.7 Å². The second kappa shape index (κ2) is 4.74. The number of nitrogens with one attached hydrogen (secondary N) is 1. The van der Waals surface area contributed by atoms with E-state index in [1.807, 2.05) is 18.3 Å². The first kappa shape index (κ1) is 12.1. The first-order valence-corrected chi connectivity index (χ1v) is 8.00. The Morgan fingerprint density at radius 3 is 2.95 bits per heavy atom. The molecule has 2 bridgehead atoms. The van der Waals surface area contributed by atoms with E-state index in [2.05, 4.69) is 14.7 Å². The van der Waals surface area contributed by atoms with Crippen molar-refractivity contribution in [1.82, 2.24) is 9.36 Å². The molecule has 0 saturated heterocycles. The number of hydrogen-bond donors (Lipinski definition) is 2. The fourth-order valence-electron chi connectivity index (χ4n) is 3.78. The molecule has 2 aliphatic rings. The third kappa shape index (κ3) is 1.97. The minimum absolute atomic E-state index is 0.601. The van der Waals surface area contributed by atoms with Gasteiger partial charge in [0.05, 0.1) is 5.56 Å². The molecule has 0 aromatic carbocycles. The number of aromatic nitrogens is 2. The number of fused-ring (bicyclic) bond motifs is 2. The monoisotopic (exact) mass is 286 g/mol. The number of pyridine rings is 1. The molecule has 2 fully saturated rings. The Morgan fingerprint density at radius 2 is 2.25 bits per heavy atom. The van der Waals surface area contributed by atoms with Crippen LogP contribution in [0.1, 0.15) is 25.7 Å². The van der Waals surface area contributed by atoms with E-state index in [1.54, 1.807) is 6.20 Å². The Hall–Kier alpha value is -1.62. The lowest BCUT2D eigenvalue weighted by Gasteiger charge is -2.23. The molecule has 2 heterocycles. The summed E-state index contributed by atoms with van der Waals surface area (Å²) in [5, 5.41) is 4.81. The van der Waals surface area contributed by atoms with Crippen LogP contribution in [0.15, 0.2) is 24.5 Å². The van der Waals surface area contributed by atoms with Gasteiger partial charge in [-0.25, -0.2) is 0 Å². The predicted octanol–water partition coefficient (Wildman–Crippen LogP) is 3.39. The van der Waals surface area contributed by atoms with Gasteiger partial charge in [-0.05, 0) is 48.7 Å². The average molecular weight is 286 g/mol. The minimum atomic E-state index is 0.601. The van der Waals surface area contributed by atoms with Crippen molar-refractivity contribution in [1.29, 1.82) is 0 Å². The van der Waals surface area contributed by atoms with Crippen LogP contribution in [0.25, 0.3) is 11.1 Å². The molecule has 0 aliphatic heterocycles. The zero-order chi connectivity index (χ0) is 13.5. The lowest BCUT2D eigenvalue weighted by molar-refractivity contribution is 0.440. The van der Waals surface area contributed by atoms with E-state index >= 15 is 0 Å². The van der Waals surface area contributed by atoms with Crippen LogP contribution < -0.4 is 11.1 Å². The van der Waals surface area contributed by atoms with Crippen molar-refractivity contribution in [3.8, 4) is 11.1 Å². The summed E-state index contributed by atoms with van der Waals surface area (Å²) in [5.41, 5.74) is 8.12. The van der Waals surface area contributed by atoms with Crippen LogP contribution in [0.2, 0.25) is 0 Å². The minimum Gasteiger partial charge on any atom is -0.382 e. The predicted molar refractivity (Wildman–Crippen MR) is 82.6 cm³/mol. The van der Waals surface area contributed by atoms with Crippen molar-refractivity contribution in [2.24, 2.45) is 11.8 Å². The fourth-order valence-corrected chi connectivity index (χ4v) is 4.58. The summed E-state index contributed by atoms with van der Waals surface area (Å²) < 4.78 is 4.33. The van der Waals surface area contributed by atoms with Gasteiger partial charge >= 0.3 is 0 Å². The molecule has 4 rings (SSSR count). The van der Waals surface area contributed by atoms with E-state index in [0.29, 0.717) is 11.9 Å². The molecule has 2 aromatic heterocycles. The first-order chi connectivity index (χ1) is 9.81. The molecular weight excluding hydrogens is 268 g/mol. The summed E-state index contributed by atoms with van der Waals surface area (Å²) in [6, 6.07) is 4.58. The van der Waals surface area contributed by atoms with Crippen molar-refractivity contribution in [2.75, 3.05) is 11.1 Å². The van der Waals surface area contributed by atoms with Gasteiger partial charge < -0.3 is 11.1 Å². The van der Waals surface area contributed by atoms with Gasteiger partial charge in [-0.2, -0.15) is 4.37 Å². The lowest BCUT2D eigenvalue weighted by Crippen LogP contribution is -2.25. The number of nitrogens with zero attached hydrogens (tertiary/aromatic N) is 2. The van der Waals surface area contributed by atoms with E-state index in [-0.39, 0.29) is 0 Å². The molecule has 0 spiro atoms. The van der Waals surface area contributed by atoms with Crippen LogP contribution in [0, 0.1) is 11.8 Å². The maximum Gasteiger partial charge on any atom is 0.147 e. The van der Waals surface area contributed by atoms with Crippen LogP contribution in [-0.4, -0.2) is 15.4 Å². The highest BCUT2D eigenvalue weighted by Gasteiger charge is 2.39. The van der Waals surface area contributed by atoms with E-state index in [4.69, 9.17) is 5.73 Å². The third-order valence-electron chi connectivity index (χ3n) is 4.72. The SMILES string of the molecule is Nc1nsc(NC2CC3CCC2C3)c1-c1cccnc1. The molecule has 3 atom stereocenters. The van der Waals surface area contributed by atoms with Crippen molar-refractivity contribution in [3.05, 3.63) is 24.5 Å². The summed E-state index contributed by atoms with van der Waals surface area (Å²) in [5.74, 6) is 2.38. The Kier molecular flexibility index (Phi) is 2.88. The van der Waals surface area contributed by atoms with Gasteiger partial charge in [-0.15, -0.1) is 0 Å². The number of hydrogen-bond acceptors (Lipinski definition) is 5. The van der Waals surface area contributed by atoms with Crippen LogP contribution >= 0.6 is 11.5 Å². The van der Waals surface area contributed by atoms with Crippen molar-refractivity contribution < 1.29 is 0 Å². The average Bonchev–Trinajstić information content (AvgIpc) is 3.16. The van der Waals surface area contributed by atoms with E-state index in [9.17, 15) is 0 Å².